The zero-order chi connectivity index (χ0) is 14.5. The number of hydrogen-bond donors (Lipinski definition) is 2. The van der Waals surface area contributed by atoms with Gasteiger partial charge in [-0.1, -0.05) is 13.0 Å². The summed E-state index contributed by atoms with van der Waals surface area (Å²) in [7, 11) is 0. The van der Waals surface area contributed by atoms with Crippen molar-refractivity contribution >= 4 is 22.8 Å². The van der Waals surface area contributed by atoms with Crippen molar-refractivity contribution in [1.29, 1.82) is 0 Å². The van der Waals surface area contributed by atoms with Crippen LogP contribution < -0.4 is 15.8 Å². The van der Waals surface area contributed by atoms with Crippen molar-refractivity contribution < 1.29 is 14.3 Å². The van der Waals surface area contributed by atoms with Gasteiger partial charge in [-0.25, -0.2) is 4.79 Å². The van der Waals surface area contributed by atoms with Gasteiger partial charge in [-0.15, -0.1) is 0 Å². The summed E-state index contributed by atoms with van der Waals surface area (Å²) >= 11 is 0. The molecule has 20 heavy (non-hydrogen) atoms. The van der Waals surface area contributed by atoms with Gasteiger partial charge in [-0.05, 0) is 24.6 Å². The van der Waals surface area contributed by atoms with Crippen LogP contribution in [0, 0.1) is 0 Å². The number of carbonyl (C=O) groups is 2. The molecule has 0 aliphatic heterocycles. The van der Waals surface area contributed by atoms with E-state index in [1.807, 2.05) is 36.5 Å². The van der Waals surface area contributed by atoms with Crippen molar-refractivity contribution in [2.75, 3.05) is 6.61 Å². The Labute approximate surface area is 116 Å². The van der Waals surface area contributed by atoms with E-state index in [2.05, 4.69) is 0 Å². The van der Waals surface area contributed by atoms with Crippen molar-refractivity contribution in [2.24, 2.45) is 5.73 Å². The number of nitrogens with two attached hydrogens (primary N) is 1. The third-order valence-electron chi connectivity index (χ3n) is 2.81. The molecule has 6 heteroatoms. The van der Waals surface area contributed by atoms with E-state index < -0.39 is 11.9 Å². The highest BCUT2D eigenvalue weighted by atomic mass is 16.5. The fraction of sp³-hybridized carbons (Fsp3) is 0.286. The maximum absolute atomic E-state index is 11.6. The molecule has 3 N–H and O–H groups in total. The first-order valence-corrected chi connectivity index (χ1v) is 6.41. The fourth-order valence-electron chi connectivity index (χ4n) is 2.00. The predicted molar refractivity (Wildman–Crippen MR) is 75.5 cm³/mol. The van der Waals surface area contributed by atoms with Crippen LogP contribution in [0.15, 0.2) is 30.5 Å². The van der Waals surface area contributed by atoms with Gasteiger partial charge in [-0.3, -0.25) is 10.1 Å². The molecule has 0 fully saturated rings. The van der Waals surface area contributed by atoms with Crippen LogP contribution in [-0.4, -0.2) is 23.1 Å². The lowest BCUT2D eigenvalue weighted by Gasteiger charge is -2.08. The zero-order valence-electron chi connectivity index (χ0n) is 11.3. The van der Waals surface area contributed by atoms with Crippen molar-refractivity contribution in [2.45, 2.75) is 19.9 Å². The van der Waals surface area contributed by atoms with Gasteiger partial charge >= 0.3 is 6.03 Å². The van der Waals surface area contributed by atoms with Crippen molar-refractivity contribution in [3.8, 4) is 5.75 Å². The molecule has 2 aromatic rings. The summed E-state index contributed by atoms with van der Waals surface area (Å²) in [5.41, 5.74) is 5.79. The molecule has 106 valence electrons. The SMILES string of the molecule is CCCOc1cccc2c1ccn2CC(=O)NC(N)=O. The lowest BCUT2D eigenvalue weighted by Crippen LogP contribution is -2.37. The van der Waals surface area contributed by atoms with Gasteiger partial charge in [0.15, 0.2) is 0 Å². The molecule has 0 saturated carbocycles. The van der Waals surface area contributed by atoms with E-state index in [9.17, 15) is 9.59 Å². The number of aromatic nitrogens is 1. The average Bonchev–Trinajstić information content (AvgIpc) is 2.79. The average molecular weight is 275 g/mol. The van der Waals surface area contributed by atoms with E-state index in [1.54, 1.807) is 10.8 Å². The monoisotopic (exact) mass is 275 g/mol. The normalized spacial score (nSPS) is 10.4. The van der Waals surface area contributed by atoms with Crippen LogP contribution in [0.2, 0.25) is 0 Å². The maximum Gasteiger partial charge on any atom is 0.318 e. The van der Waals surface area contributed by atoms with Crippen LogP contribution in [-0.2, 0) is 11.3 Å². The number of hydrogen-bond acceptors (Lipinski definition) is 3. The second-order valence-electron chi connectivity index (χ2n) is 4.39. The Kier molecular flexibility index (Phi) is 4.24. The lowest BCUT2D eigenvalue weighted by atomic mass is 10.2. The first kappa shape index (κ1) is 13.9. The van der Waals surface area contributed by atoms with Crippen LogP contribution in [0.1, 0.15) is 13.3 Å². The Balaban J connectivity index is 2.23. The Bertz CT molecular complexity index is 634. The molecule has 0 aliphatic carbocycles. The van der Waals surface area contributed by atoms with E-state index >= 15 is 0 Å². The van der Waals surface area contributed by atoms with Crippen molar-refractivity contribution in [1.82, 2.24) is 9.88 Å². The van der Waals surface area contributed by atoms with Crippen molar-refractivity contribution in [3.63, 3.8) is 0 Å². The number of amides is 3. The van der Waals surface area contributed by atoms with Crippen LogP contribution in [0.25, 0.3) is 10.9 Å². The molecular weight excluding hydrogens is 258 g/mol. The van der Waals surface area contributed by atoms with E-state index in [0.717, 1.165) is 23.1 Å². The van der Waals surface area contributed by atoms with Gasteiger partial charge in [0, 0.05) is 11.6 Å². The highest BCUT2D eigenvalue weighted by molar-refractivity contribution is 5.94. The number of urea groups is 1. The topological polar surface area (TPSA) is 86.3 Å². The molecule has 6 nitrogen and oxygen atoms in total. The number of nitrogens with one attached hydrogen (secondary N) is 1. The molecule has 0 bridgehead atoms. The molecule has 0 spiro atoms. The summed E-state index contributed by atoms with van der Waals surface area (Å²) in [6, 6.07) is 6.70. The van der Waals surface area contributed by atoms with Gasteiger partial charge in [0.1, 0.15) is 12.3 Å². The minimum absolute atomic E-state index is 0.0314. The second kappa shape index (κ2) is 6.10. The van der Waals surface area contributed by atoms with Crippen LogP contribution in [0.3, 0.4) is 0 Å². The number of imide groups is 1. The van der Waals surface area contributed by atoms with E-state index in [0.29, 0.717) is 6.61 Å². The third-order valence-corrected chi connectivity index (χ3v) is 2.81. The number of rotatable bonds is 5. The van der Waals surface area contributed by atoms with E-state index in [4.69, 9.17) is 10.5 Å². The molecule has 0 aliphatic rings. The summed E-state index contributed by atoms with van der Waals surface area (Å²) in [4.78, 5) is 22.2. The molecule has 0 radical (unpaired) electrons. The van der Waals surface area contributed by atoms with Gasteiger partial charge in [-0.2, -0.15) is 0 Å². The van der Waals surface area contributed by atoms with Gasteiger partial charge in [0.05, 0.1) is 12.1 Å². The first-order valence-electron chi connectivity index (χ1n) is 6.41. The van der Waals surface area contributed by atoms with Crippen LogP contribution in [0.4, 0.5) is 4.79 Å². The minimum Gasteiger partial charge on any atom is -0.493 e. The second-order valence-corrected chi connectivity index (χ2v) is 4.39. The minimum atomic E-state index is -0.849. The first-order chi connectivity index (χ1) is 9.61. The largest absolute Gasteiger partial charge is 0.493 e. The van der Waals surface area contributed by atoms with Gasteiger partial charge in [0.2, 0.25) is 5.91 Å². The quantitative estimate of drug-likeness (QED) is 0.869. The summed E-state index contributed by atoms with van der Waals surface area (Å²) in [5, 5.41) is 2.98. The Morgan fingerprint density at radius 3 is 2.85 bits per heavy atom. The molecular formula is C14H17N3O3. The zero-order valence-corrected chi connectivity index (χ0v) is 11.3. The van der Waals surface area contributed by atoms with E-state index in [1.165, 1.54) is 0 Å². The number of fused-ring (bicyclic) bond motifs is 1. The number of primary amides is 1. The smallest absolute Gasteiger partial charge is 0.318 e. The number of benzene rings is 1. The van der Waals surface area contributed by atoms with E-state index in [-0.39, 0.29) is 6.54 Å². The molecule has 0 unspecified atom stereocenters. The molecule has 0 saturated heterocycles. The number of ether oxygens (including phenoxy) is 1. The summed E-state index contributed by atoms with van der Waals surface area (Å²) < 4.78 is 7.41. The standard InChI is InChI=1S/C14H17N3O3/c1-2-8-20-12-5-3-4-11-10(12)6-7-17(11)9-13(18)16-14(15)19/h3-7H,2,8-9H2,1H3,(H3,15,16,18,19). The highest BCUT2D eigenvalue weighted by Gasteiger charge is 2.10. The third kappa shape index (κ3) is 3.09. The molecule has 1 aromatic carbocycles. The van der Waals surface area contributed by atoms with Crippen molar-refractivity contribution in [3.05, 3.63) is 30.5 Å². The number of carbonyl (C=O) groups excluding carboxylic acids is 2. The Morgan fingerprint density at radius 2 is 2.15 bits per heavy atom. The summed E-state index contributed by atoms with van der Waals surface area (Å²) in [6.07, 6.45) is 2.71. The van der Waals surface area contributed by atoms with Crippen LogP contribution in [0.5, 0.6) is 5.75 Å². The number of nitrogens with zero attached hydrogens (tertiary/aromatic N) is 1. The highest BCUT2D eigenvalue weighted by Crippen LogP contribution is 2.26. The summed E-state index contributed by atoms with van der Waals surface area (Å²) in [6.45, 7) is 2.72. The van der Waals surface area contributed by atoms with Gasteiger partial charge < -0.3 is 15.0 Å². The Hall–Kier alpha value is -2.50. The Morgan fingerprint density at radius 1 is 1.35 bits per heavy atom. The van der Waals surface area contributed by atoms with Crippen LogP contribution >= 0.6 is 0 Å². The predicted octanol–water partition coefficient (Wildman–Crippen LogP) is 1.62. The summed E-state index contributed by atoms with van der Waals surface area (Å²) in [5.74, 6) is 0.341. The molecule has 1 heterocycles. The fourth-order valence-corrected chi connectivity index (χ4v) is 2.00. The molecule has 3 amide bonds. The molecule has 0 atom stereocenters. The molecule has 1 aromatic heterocycles. The maximum atomic E-state index is 11.6. The molecule has 2 rings (SSSR count). The lowest BCUT2D eigenvalue weighted by molar-refractivity contribution is -0.120. The van der Waals surface area contributed by atoms with Gasteiger partial charge in [0.25, 0.3) is 0 Å².